The fourth-order valence-electron chi connectivity index (χ4n) is 5.40. The van der Waals surface area contributed by atoms with Gasteiger partial charge in [-0.1, -0.05) is 67.1 Å². The van der Waals surface area contributed by atoms with Gasteiger partial charge in [0, 0.05) is 19.8 Å². The fourth-order valence-corrected chi connectivity index (χ4v) is 5.40. The van der Waals surface area contributed by atoms with Crippen LogP contribution in [0.1, 0.15) is 50.2 Å². The minimum atomic E-state index is -0.683. The van der Waals surface area contributed by atoms with E-state index < -0.39 is 11.3 Å². The molecule has 30 heavy (non-hydrogen) atoms. The molecule has 0 unspecified atom stereocenters. The summed E-state index contributed by atoms with van der Waals surface area (Å²) in [6, 6.07) is 20.5. The van der Waals surface area contributed by atoms with Gasteiger partial charge in [-0.3, -0.25) is 10.2 Å². The Hall–Kier alpha value is -2.50. The molecule has 1 spiro atoms. The van der Waals surface area contributed by atoms with Crippen LogP contribution >= 0.6 is 0 Å². The van der Waals surface area contributed by atoms with Crippen molar-refractivity contribution < 1.29 is 14.3 Å². The van der Waals surface area contributed by atoms with E-state index in [-0.39, 0.29) is 17.8 Å². The molecular weight excluding hydrogens is 376 g/mol. The van der Waals surface area contributed by atoms with Gasteiger partial charge in [-0.2, -0.15) is 5.10 Å². The van der Waals surface area contributed by atoms with Gasteiger partial charge in [-0.25, -0.2) is 0 Å². The van der Waals surface area contributed by atoms with E-state index in [1.54, 1.807) is 6.92 Å². The second-order valence-electron chi connectivity index (χ2n) is 8.62. The summed E-state index contributed by atoms with van der Waals surface area (Å²) in [6.45, 7) is 2.06. The lowest BCUT2D eigenvalue weighted by Crippen LogP contribution is -2.51. The van der Waals surface area contributed by atoms with Gasteiger partial charge in [0.25, 0.3) is 0 Å². The number of hydrazone groups is 1. The molecule has 0 aromatic heterocycles. The van der Waals surface area contributed by atoms with Crippen molar-refractivity contribution in [3.8, 4) is 0 Å². The molecule has 1 saturated heterocycles. The van der Waals surface area contributed by atoms with Gasteiger partial charge in [0.15, 0.2) is 11.6 Å². The van der Waals surface area contributed by atoms with Crippen LogP contribution in [0.3, 0.4) is 0 Å². The number of hydrogen-bond donors (Lipinski definition) is 1. The van der Waals surface area contributed by atoms with Crippen LogP contribution in [0.25, 0.3) is 0 Å². The minimum absolute atomic E-state index is 0.0329. The Labute approximate surface area is 177 Å². The van der Waals surface area contributed by atoms with Gasteiger partial charge in [0.1, 0.15) is 11.3 Å². The molecule has 1 N–H and O–H groups in total. The van der Waals surface area contributed by atoms with E-state index in [0.29, 0.717) is 12.3 Å². The van der Waals surface area contributed by atoms with E-state index in [0.717, 1.165) is 36.8 Å². The zero-order valence-corrected chi connectivity index (χ0v) is 17.3. The molecule has 2 aromatic carbocycles. The number of nitrogens with one attached hydrogen (secondary N) is 1. The number of carbonyl (C=O) groups excluding carboxylic acids is 1. The molecule has 1 aliphatic carbocycles. The predicted octanol–water partition coefficient (Wildman–Crippen LogP) is 4.17. The summed E-state index contributed by atoms with van der Waals surface area (Å²) in [5.41, 5.74) is 5.36. The lowest BCUT2D eigenvalue weighted by atomic mass is 9.69. The van der Waals surface area contributed by atoms with Crippen molar-refractivity contribution in [3.63, 3.8) is 0 Å². The van der Waals surface area contributed by atoms with Crippen LogP contribution in [-0.2, 0) is 19.8 Å². The SMILES string of the molecule is CC(=O)C1=NNC(c2ccccc2)(c2ccccc2)[C@H]1[C@H]1COC2(CCCCC2)O1. The van der Waals surface area contributed by atoms with Crippen molar-refractivity contribution in [2.24, 2.45) is 11.0 Å². The molecular formula is C25H28N2O3. The number of Topliss-reactive ketones (excluding diaryl/α,β-unsaturated/α-hetero) is 1. The molecule has 0 radical (unpaired) electrons. The van der Waals surface area contributed by atoms with Gasteiger partial charge in [0.05, 0.1) is 18.6 Å². The van der Waals surface area contributed by atoms with Gasteiger partial charge < -0.3 is 9.47 Å². The van der Waals surface area contributed by atoms with Crippen LogP contribution in [0.15, 0.2) is 65.8 Å². The number of benzene rings is 2. The normalized spacial score (nSPS) is 26.9. The molecule has 156 valence electrons. The first-order chi connectivity index (χ1) is 14.6. The number of nitrogens with zero attached hydrogens (tertiary/aromatic N) is 1. The zero-order chi connectivity index (χ0) is 20.6. The average Bonchev–Trinajstić information content (AvgIpc) is 3.38. The number of ether oxygens (including phenoxy) is 2. The molecule has 0 amide bonds. The van der Waals surface area contributed by atoms with E-state index in [9.17, 15) is 4.79 Å². The molecule has 3 aliphatic rings. The van der Waals surface area contributed by atoms with Crippen LogP contribution in [0.4, 0.5) is 0 Å². The van der Waals surface area contributed by atoms with E-state index >= 15 is 0 Å². The van der Waals surface area contributed by atoms with Crippen LogP contribution in [0, 0.1) is 5.92 Å². The largest absolute Gasteiger partial charge is 0.347 e. The van der Waals surface area contributed by atoms with Gasteiger partial charge in [0.2, 0.25) is 0 Å². The lowest BCUT2D eigenvalue weighted by Gasteiger charge is -2.39. The van der Waals surface area contributed by atoms with E-state index in [1.165, 1.54) is 6.42 Å². The highest BCUT2D eigenvalue weighted by atomic mass is 16.7. The first-order valence-electron chi connectivity index (χ1n) is 10.9. The summed E-state index contributed by atoms with van der Waals surface area (Å²) in [7, 11) is 0. The maximum absolute atomic E-state index is 12.7. The van der Waals surface area contributed by atoms with E-state index in [1.807, 2.05) is 36.4 Å². The van der Waals surface area contributed by atoms with Crippen molar-refractivity contribution in [2.75, 3.05) is 6.61 Å². The number of ketones is 1. The maximum Gasteiger partial charge on any atom is 0.176 e. The first-order valence-corrected chi connectivity index (χ1v) is 10.9. The topological polar surface area (TPSA) is 59.9 Å². The lowest BCUT2D eigenvalue weighted by molar-refractivity contribution is -0.191. The maximum atomic E-state index is 12.7. The number of rotatable bonds is 4. The standard InChI is InChI=1S/C25H28N2O3/c1-18(28)23-22(21-17-29-24(30-21)15-9-4-10-16-24)25(27-26-23,19-11-5-2-6-12-19)20-13-7-3-8-14-20/h2-3,5-8,11-14,21-22,27H,4,9-10,15-17H2,1H3/t21-,22+/m1/s1. The van der Waals surface area contributed by atoms with Crippen molar-refractivity contribution in [1.29, 1.82) is 0 Å². The summed E-state index contributed by atoms with van der Waals surface area (Å²) < 4.78 is 12.9. The molecule has 2 aliphatic heterocycles. The van der Waals surface area contributed by atoms with Crippen LogP contribution in [-0.4, -0.2) is 30.0 Å². The van der Waals surface area contributed by atoms with E-state index in [4.69, 9.17) is 9.47 Å². The highest BCUT2D eigenvalue weighted by Crippen LogP contribution is 2.48. The van der Waals surface area contributed by atoms with Crippen LogP contribution in [0.5, 0.6) is 0 Å². The second-order valence-corrected chi connectivity index (χ2v) is 8.62. The monoisotopic (exact) mass is 404 g/mol. The summed E-state index contributed by atoms with van der Waals surface area (Å²) in [6.07, 6.45) is 5.04. The Morgan fingerprint density at radius 3 is 2.13 bits per heavy atom. The van der Waals surface area contributed by atoms with Gasteiger partial charge in [-0.05, 0) is 24.0 Å². The Balaban J connectivity index is 1.62. The number of carbonyl (C=O) groups is 1. The molecule has 0 bridgehead atoms. The molecule has 1 saturated carbocycles. The van der Waals surface area contributed by atoms with Crippen LogP contribution < -0.4 is 5.43 Å². The van der Waals surface area contributed by atoms with Crippen molar-refractivity contribution in [3.05, 3.63) is 71.8 Å². The second kappa shape index (κ2) is 7.64. The Bertz CT molecular complexity index is 896. The molecule has 2 aromatic rings. The zero-order valence-electron chi connectivity index (χ0n) is 17.3. The highest BCUT2D eigenvalue weighted by Gasteiger charge is 2.57. The Kier molecular flexibility index (Phi) is 4.95. The van der Waals surface area contributed by atoms with Gasteiger partial charge >= 0.3 is 0 Å². The summed E-state index contributed by atoms with van der Waals surface area (Å²) >= 11 is 0. The smallest absolute Gasteiger partial charge is 0.176 e. The summed E-state index contributed by atoms with van der Waals surface area (Å²) in [4.78, 5) is 12.7. The molecule has 5 heteroatoms. The molecule has 5 nitrogen and oxygen atoms in total. The molecule has 5 rings (SSSR count). The van der Waals surface area contributed by atoms with E-state index in [2.05, 4.69) is 34.8 Å². The molecule has 2 fully saturated rings. The molecule has 2 heterocycles. The third-order valence-electron chi connectivity index (χ3n) is 6.80. The predicted molar refractivity (Wildman–Crippen MR) is 115 cm³/mol. The van der Waals surface area contributed by atoms with Crippen molar-refractivity contribution >= 4 is 11.5 Å². The third-order valence-corrected chi connectivity index (χ3v) is 6.80. The first kappa shape index (κ1) is 19.5. The fraction of sp³-hybridized carbons (Fsp3) is 0.440. The van der Waals surface area contributed by atoms with Crippen LogP contribution in [0.2, 0.25) is 0 Å². The summed E-state index contributed by atoms with van der Waals surface area (Å²) in [5, 5.41) is 4.58. The van der Waals surface area contributed by atoms with Crippen molar-refractivity contribution in [1.82, 2.24) is 5.43 Å². The summed E-state index contributed by atoms with van der Waals surface area (Å²) in [5.74, 6) is -0.817. The van der Waals surface area contributed by atoms with Gasteiger partial charge in [-0.15, -0.1) is 0 Å². The quantitative estimate of drug-likeness (QED) is 0.831. The van der Waals surface area contributed by atoms with Crippen molar-refractivity contribution in [2.45, 2.75) is 56.5 Å². The Morgan fingerprint density at radius 1 is 0.967 bits per heavy atom. The minimum Gasteiger partial charge on any atom is -0.347 e. The third kappa shape index (κ3) is 3.08. The highest BCUT2D eigenvalue weighted by molar-refractivity contribution is 6.40. The number of hydrogen-bond acceptors (Lipinski definition) is 5. The molecule has 2 atom stereocenters. The average molecular weight is 405 g/mol. The Morgan fingerprint density at radius 2 is 1.57 bits per heavy atom.